The molecule has 5 aromatic rings. The van der Waals surface area contributed by atoms with Crippen molar-refractivity contribution in [3.8, 4) is 28.7 Å². The number of H-pyrrole nitrogens is 1. The maximum atomic E-state index is 13.3. The lowest BCUT2D eigenvalue weighted by Crippen LogP contribution is -2.14. The molecule has 2 N–H and O–H groups in total. The molecular formula is C24H18N8O2S. The number of anilines is 1. The van der Waals surface area contributed by atoms with Crippen LogP contribution in [0.3, 0.4) is 0 Å². The quantitative estimate of drug-likeness (QED) is 0.372. The van der Waals surface area contributed by atoms with Crippen molar-refractivity contribution in [1.29, 1.82) is 0 Å². The number of fused-ring (bicyclic) bond motifs is 1. The molecule has 10 nitrogen and oxygen atoms in total. The number of nitrogens with one attached hydrogen (secondary N) is 2. The molecule has 0 fully saturated rings. The minimum absolute atomic E-state index is 0.358. The predicted octanol–water partition coefficient (Wildman–Crippen LogP) is 3.54. The summed E-state index contributed by atoms with van der Waals surface area (Å²) < 4.78 is 5.48. The van der Waals surface area contributed by atoms with Gasteiger partial charge in [0.2, 0.25) is 0 Å². The van der Waals surface area contributed by atoms with E-state index in [0.717, 1.165) is 22.5 Å². The lowest BCUT2D eigenvalue weighted by Gasteiger charge is -2.13. The van der Waals surface area contributed by atoms with Crippen LogP contribution in [0.2, 0.25) is 0 Å². The molecule has 0 saturated heterocycles. The lowest BCUT2D eigenvalue weighted by atomic mass is 9.99. The van der Waals surface area contributed by atoms with Crippen LogP contribution in [-0.2, 0) is 0 Å². The summed E-state index contributed by atoms with van der Waals surface area (Å²) in [5.74, 6) is 6.10. The molecule has 0 bridgehead atoms. The summed E-state index contributed by atoms with van der Waals surface area (Å²) in [4.78, 5) is 35.6. The Morgan fingerprint density at radius 1 is 1.00 bits per heavy atom. The van der Waals surface area contributed by atoms with Crippen LogP contribution in [-0.4, -0.2) is 48.1 Å². The molecule has 0 saturated carbocycles. The highest BCUT2D eigenvalue weighted by Gasteiger charge is 2.19. The highest BCUT2D eigenvalue weighted by Crippen LogP contribution is 2.33. The minimum atomic E-state index is -0.358. The summed E-state index contributed by atoms with van der Waals surface area (Å²) >= 11 is 1.21. The Morgan fingerprint density at radius 2 is 1.80 bits per heavy atom. The first-order valence-electron chi connectivity index (χ1n) is 10.4. The third-order valence-electron chi connectivity index (χ3n) is 4.98. The number of aromatic nitrogens is 7. The molecule has 5 heterocycles. The summed E-state index contributed by atoms with van der Waals surface area (Å²) in [5.41, 5.74) is 5.05. The van der Waals surface area contributed by atoms with Gasteiger partial charge in [-0.3, -0.25) is 25.2 Å². The monoisotopic (exact) mass is 482 g/mol. The maximum absolute atomic E-state index is 13.3. The van der Waals surface area contributed by atoms with Crippen molar-refractivity contribution < 1.29 is 9.53 Å². The number of carbonyl (C=O) groups is 1. The number of hydrogen-bond donors (Lipinski definition) is 2. The van der Waals surface area contributed by atoms with Gasteiger partial charge in [-0.15, -0.1) is 0 Å². The van der Waals surface area contributed by atoms with Crippen molar-refractivity contribution in [2.75, 3.05) is 12.4 Å². The molecule has 172 valence electrons. The van der Waals surface area contributed by atoms with Crippen LogP contribution in [0.15, 0.2) is 43.1 Å². The SMILES string of the molecule is COc1cnc(C)cc1-c1cc(C)ncc1C(=O)Nc1nc2ncc(C#Cc3cn[nH]c3)nc2s1. The van der Waals surface area contributed by atoms with E-state index in [1.54, 1.807) is 38.1 Å². The van der Waals surface area contributed by atoms with Gasteiger partial charge >= 0.3 is 0 Å². The Labute approximate surface area is 203 Å². The van der Waals surface area contributed by atoms with Crippen molar-refractivity contribution in [3.05, 3.63) is 71.3 Å². The number of carbonyl (C=O) groups excluding carboxylic acids is 1. The smallest absolute Gasteiger partial charge is 0.259 e. The fourth-order valence-electron chi connectivity index (χ4n) is 3.34. The van der Waals surface area contributed by atoms with Gasteiger partial charge in [-0.25, -0.2) is 9.97 Å². The zero-order chi connectivity index (χ0) is 24.4. The van der Waals surface area contributed by atoms with Gasteiger partial charge in [-0.1, -0.05) is 17.3 Å². The number of aromatic amines is 1. The Hall–Kier alpha value is -4.69. The topological polar surface area (TPSA) is 131 Å². The first-order valence-corrected chi connectivity index (χ1v) is 11.2. The number of rotatable bonds is 4. The number of methoxy groups -OCH3 is 1. The molecule has 5 aromatic heterocycles. The highest BCUT2D eigenvalue weighted by atomic mass is 32.1. The normalized spacial score (nSPS) is 10.6. The van der Waals surface area contributed by atoms with E-state index in [1.165, 1.54) is 11.3 Å². The standard InChI is InChI=1S/C24H18N8O2S/c1-13-6-17(18-7-14(2)26-12-20(18)34-3)19(11-25-13)22(33)32-24-31-21-23(35-24)30-16(10-27-21)5-4-15-8-28-29-9-15/h6-12H,1-3H3,(H,28,29)(H,27,31,32,33). The predicted molar refractivity (Wildman–Crippen MR) is 131 cm³/mol. The Balaban J connectivity index is 1.45. The van der Waals surface area contributed by atoms with Crippen molar-refractivity contribution in [3.63, 3.8) is 0 Å². The number of ether oxygens (including phenoxy) is 1. The van der Waals surface area contributed by atoms with Gasteiger partial charge in [-0.2, -0.15) is 10.1 Å². The van der Waals surface area contributed by atoms with Gasteiger partial charge in [0.25, 0.3) is 5.91 Å². The summed E-state index contributed by atoms with van der Waals surface area (Å²) in [5, 5.41) is 9.78. The first kappa shape index (κ1) is 22.1. The largest absolute Gasteiger partial charge is 0.494 e. The minimum Gasteiger partial charge on any atom is -0.494 e. The zero-order valence-corrected chi connectivity index (χ0v) is 19.8. The van der Waals surface area contributed by atoms with E-state index in [1.807, 2.05) is 26.0 Å². The Morgan fingerprint density at radius 3 is 2.57 bits per heavy atom. The molecular weight excluding hydrogens is 464 g/mol. The third-order valence-corrected chi connectivity index (χ3v) is 5.83. The number of thiazole rings is 1. The lowest BCUT2D eigenvalue weighted by molar-refractivity contribution is 0.102. The molecule has 0 aliphatic carbocycles. The van der Waals surface area contributed by atoms with Crippen molar-refractivity contribution in [2.24, 2.45) is 0 Å². The molecule has 0 radical (unpaired) electrons. The number of hydrogen-bond acceptors (Lipinski definition) is 9. The molecule has 1 amide bonds. The van der Waals surface area contributed by atoms with Gasteiger partial charge in [0, 0.05) is 34.9 Å². The van der Waals surface area contributed by atoms with Crippen LogP contribution >= 0.6 is 11.3 Å². The van der Waals surface area contributed by atoms with Crippen molar-refractivity contribution in [2.45, 2.75) is 13.8 Å². The van der Waals surface area contributed by atoms with Crippen LogP contribution < -0.4 is 10.1 Å². The van der Waals surface area contributed by atoms with Gasteiger partial charge in [0.05, 0.1) is 36.8 Å². The summed E-state index contributed by atoms with van der Waals surface area (Å²) in [6.45, 7) is 3.75. The van der Waals surface area contributed by atoms with Crippen LogP contribution in [0.1, 0.15) is 33.0 Å². The van der Waals surface area contributed by atoms with Gasteiger partial charge in [-0.05, 0) is 31.9 Å². The second-order valence-corrected chi connectivity index (χ2v) is 8.47. The molecule has 0 aliphatic rings. The van der Waals surface area contributed by atoms with Gasteiger partial charge in [0.15, 0.2) is 15.6 Å². The van der Waals surface area contributed by atoms with E-state index in [2.05, 4.69) is 52.3 Å². The van der Waals surface area contributed by atoms with E-state index in [-0.39, 0.29) is 5.91 Å². The molecule has 0 spiro atoms. The second-order valence-electron chi connectivity index (χ2n) is 7.49. The van der Waals surface area contributed by atoms with E-state index >= 15 is 0 Å². The van der Waals surface area contributed by atoms with Crippen LogP contribution in [0.25, 0.3) is 21.6 Å². The molecule has 11 heteroatoms. The molecule has 0 unspecified atom stereocenters. The maximum Gasteiger partial charge on any atom is 0.259 e. The third kappa shape index (κ3) is 4.68. The summed E-state index contributed by atoms with van der Waals surface area (Å²) in [6, 6.07) is 3.72. The van der Waals surface area contributed by atoms with E-state index < -0.39 is 0 Å². The fraction of sp³-hybridized carbons (Fsp3) is 0.125. The highest BCUT2D eigenvalue weighted by molar-refractivity contribution is 7.21. The van der Waals surface area contributed by atoms with Gasteiger partial charge < -0.3 is 4.74 Å². The Kier molecular flexibility index (Phi) is 5.87. The number of amides is 1. The van der Waals surface area contributed by atoms with Gasteiger partial charge in [0.1, 0.15) is 11.4 Å². The zero-order valence-electron chi connectivity index (χ0n) is 18.9. The first-order chi connectivity index (χ1) is 17.0. The van der Waals surface area contributed by atoms with E-state index in [9.17, 15) is 4.79 Å². The summed E-state index contributed by atoms with van der Waals surface area (Å²) in [6.07, 6.45) is 8.04. The average Bonchev–Trinajstić information content (AvgIpc) is 3.51. The average molecular weight is 483 g/mol. The van der Waals surface area contributed by atoms with Crippen molar-refractivity contribution in [1.82, 2.24) is 35.1 Å². The molecule has 0 aliphatic heterocycles. The van der Waals surface area contributed by atoms with E-state index in [0.29, 0.717) is 38.2 Å². The van der Waals surface area contributed by atoms with Crippen LogP contribution in [0.5, 0.6) is 5.75 Å². The summed E-state index contributed by atoms with van der Waals surface area (Å²) in [7, 11) is 1.57. The molecule has 0 atom stereocenters. The number of aryl methyl sites for hydroxylation is 2. The second kappa shape index (κ2) is 9.28. The number of pyridine rings is 2. The molecule has 35 heavy (non-hydrogen) atoms. The number of nitrogens with zero attached hydrogens (tertiary/aromatic N) is 6. The van der Waals surface area contributed by atoms with Crippen LogP contribution in [0, 0.1) is 25.7 Å². The Bertz CT molecular complexity index is 1620. The van der Waals surface area contributed by atoms with E-state index in [4.69, 9.17) is 4.74 Å². The van der Waals surface area contributed by atoms with Crippen LogP contribution in [0.4, 0.5) is 5.13 Å². The fourth-order valence-corrected chi connectivity index (χ4v) is 4.13. The van der Waals surface area contributed by atoms with Crippen molar-refractivity contribution >= 4 is 32.9 Å². The molecule has 5 rings (SSSR count). The molecule has 0 aromatic carbocycles.